The Morgan fingerprint density at radius 3 is 2.48 bits per heavy atom. The van der Waals surface area contributed by atoms with Gasteiger partial charge in [-0.1, -0.05) is 54.8 Å². The molecule has 3 aromatic rings. The lowest BCUT2D eigenvalue weighted by molar-refractivity contribution is 0.266. The summed E-state index contributed by atoms with van der Waals surface area (Å²) >= 11 is 0. The number of hydrogen-bond donors (Lipinski definition) is 0. The highest BCUT2D eigenvalue weighted by Gasteiger charge is 2.18. The summed E-state index contributed by atoms with van der Waals surface area (Å²) in [5.74, 6) is 2.43. The van der Waals surface area contributed by atoms with E-state index in [9.17, 15) is 0 Å². The molecule has 1 saturated carbocycles. The van der Waals surface area contributed by atoms with Crippen LogP contribution < -0.4 is 0 Å². The van der Waals surface area contributed by atoms with Gasteiger partial charge in [-0.25, -0.2) is 9.97 Å². The van der Waals surface area contributed by atoms with E-state index in [1.807, 2.05) is 48.8 Å². The van der Waals surface area contributed by atoms with Crippen molar-refractivity contribution in [1.29, 1.82) is 0 Å². The summed E-state index contributed by atoms with van der Waals surface area (Å²) in [6.07, 6.45) is 10.4. The fourth-order valence-electron chi connectivity index (χ4n) is 3.78. The van der Waals surface area contributed by atoms with Crippen LogP contribution in [0.4, 0.5) is 0 Å². The maximum Gasteiger partial charge on any atom is 0.151 e. The van der Waals surface area contributed by atoms with Crippen LogP contribution in [0.2, 0.25) is 0 Å². The van der Waals surface area contributed by atoms with E-state index in [1.165, 1.54) is 32.1 Å². The molecule has 4 rings (SSSR count). The number of benzene rings is 1. The van der Waals surface area contributed by atoms with Crippen LogP contribution in [-0.2, 0) is 13.1 Å². The van der Waals surface area contributed by atoms with Gasteiger partial charge in [0.1, 0.15) is 11.5 Å². The van der Waals surface area contributed by atoms with Crippen molar-refractivity contribution in [2.75, 3.05) is 7.05 Å². The molecule has 27 heavy (non-hydrogen) atoms. The first-order valence-corrected chi connectivity index (χ1v) is 9.78. The molecule has 0 spiro atoms. The van der Waals surface area contributed by atoms with Crippen molar-refractivity contribution >= 4 is 0 Å². The van der Waals surface area contributed by atoms with Gasteiger partial charge in [0.2, 0.25) is 0 Å². The van der Waals surface area contributed by atoms with Gasteiger partial charge in [0.05, 0.1) is 6.54 Å². The van der Waals surface area contributed by atoms with Crippen molar-refractivity contribution in [3.8, 4) is 11.3 Å². The van der Waals surface area contributed by atoms with Gasteiger partial charge in [0.15, 0.2) is 5.76 Å². The fraction of sp³-hybridized carbons (Fsp3) is 0.409. The highest BCUT2D eigenvalue weighted by atomic mass is 16.5. The van der Waals surface area contributed by atoms with Gasteiger partial charge in [-0.05, 0) is 19.9 Å². The molecule has 0 N–H and O–H groups in total. The zero-order chi connectivity index (χ0) is 18.5. The average molecular weight is 362 g/mol. The average Bonchev–Trinajstić information content (AvgIpc) is 3.18. The molecule has 0 radical (unpaired) electrons. The molecule has 1 fully saturated rings. The minimum absolute atomic E-state index is 0.552. The Hall–Kier alpha value is -2.53. The van der Waals surface area contributed by atoms with Gasteiger partial charge in [-0.2, -0.15) is 0 Å². The molecule has 2 aromatic heterocycles. The van der Waals surface area contributed by atoms with Gasteiger partial charge in [0, 0.05) is 42.0 Å². The molecule has 1 aromatic carbocycles. The van der Waals surface area contributed by atoms with E-state index < -0.39 is 0 Å². The molecule has 0 amide bonds. The van der Waals surface area contributed by atoms with Crippen LogP contribution in [0.25, 0.3) is 11.3 Å². The molecule has 0 saturated heterocycles. The van der Waals surface area contributed by atoms with E-state index in [1.54, 1.807) is 0 Å². The minimum Gasteiger partial charge on any atom is -0.359 e. The second kappa shape index (κ2) is 8.44. The van der Waals surface area contributed by atoms with Crippen LogP contribution in [0.1, 0.15) is 55.2 Å². The Labute approximate surface area is 160 Å². The van der Waals surface area contributed by atoms with Crippen LogP contribution in [0.15, 0.2) is 53.3 Å². The number of rotatable bonds is 6. The summed E-state index contributed by atoms with van der Waals surface area (Å²) in [7, 11) is 2.07. The molecule has 0 bridgehead atoms. The van der Waals surface area contributed by atoms with Crippen molar-refractivity contribution in [2.45, 2.75) is 51.1 Å². The summed E-state index contributed by atoms with van der Waals surface area (Å²) in [6, 6.07) is 12.1. The molecule has 1 aliphatic rings. The Kier molecular flexibility index (Phi) is 5.58. The quantitative estimate of drug-likeness (QED) is 0.630. The predicted octanol–water partition coefficient (Wildman–Crippen LogP) is 4.81. The summed E-state index contributed by atoms with van der Waals surface area (Å²) < 4.78 is 5.50. The number of aromatic nitrogens is 3. The summed E-state index contributed by atoms with van der Waals surface area (Å²) in [5.41, 5.74) is 3.07. The maximum atomic E-state index is 5.50. The van der Waals surface area contributed by atoms with Crippen LogP contribution in [-0.4, -0.2) is 27.1 Å². The normalized spacial score (nSPS) is 15.3. The highest BCUT2D eigenvalue weighted by Crippen LogP contribution is 2.30. The summed E-state index contributed by atoms with van der Waals surface area (Å²) in [4.78, 5) is 11.5. The van der Waals surface area contributed by atoms with E-state index in [4.69, 9.17) is 4.52 Å². The van der Waals surface area contributed by atoms with Crippen molar-refractivity contribution in [3.05, 3.63) is 65.9 Å². The smallest absolute Gasteiger partial charge is 0.151 e. The third-order valence-electron chi connectivity index (χ3n) is 5.20. The molecule has 5 heteroatoms. The molecule has 0 atom stereocenters. The molecular formula is C22H26N4O. The second-order valence-corrected chi connectivity index (χ2v) is 7.50. The first-order chi connectivity index (χ1) is 13.3. The largest absolute Gasteiger partial charge is 0.359 e. The second-order valence-electron chi connectivity index (χ2n) is 7.50. The molecule has 0 aliphatic heterocycles. The third-order valence-corrected chi connectivity index (χ3v) is 5.20. The van der Waals surface area contributed by atoms with Crippen molar-refractivity contribution in [1.82, 2.24) is 20.0 Å². The van der Waals surface area contributed by atoms with Crippen LogP contribution in [0, 0.1) is 0 Å². The van der Waals surface area contributed by atoms with Crippen LogP contribution >= 0.6 is 0 Å². The Balaban J connectivity index is 1.34. The SMILES string of the molecule is CN(Cc1cnc(C2CCCCC2)nc1)Cc1cc(-c2ccccc2)no1. The third kappa shape index (κ3) is 4.61. The Bertz CT molecular complexity index is 838. The highest BCUT2D eigenvalue weighted by molar-refractivity contribution is 5.58. The Morgan fingerprint density at radius 1 is 1.00 bits per heavy atom. The van der Waals surface area contributed by atoms with E-state index in [2.05, 4.69) is 27.1 Å². The maximum absolute atomic E-state index is 5.50. The van der Waals surface area contributed by atoms with Gasteiger partial charge < -0.3 is 4.52 Å². The number of nitrogens with zero attached hydrogens (tertiary/aromatic N) is 4. The molecule has 0 unspecified atom stereocenters. The van der Waals surface area contributed by atoms with Crippen molar-refractivity contribution in [2.24, 2.45) is 0 Å². The molecule has 2 heterocycles. The molecule has 140 valence electrons. The van der Waals surface area contributed by atoms with Gasteiger partial charge >= 0.3 is 0 Å². The Morgan fingerprint density at radius 2 is 1.74 bits per heavy atom. The van der Waals surface area contributed by atoms with Gasteiger partial charge in [-0.3, -0.25) is 4.90 Å². The van der Waals surface area contributed by atoms with Gasteiger partial charge in [0.25, 0.3) is 0 Å². The molecule has 5 nitrogen and oxygen atoms in total. The van der Waals surface area contributed by atoms with Crippen LogP contribution in [0.5, 0.6) is 0 Å². The lowest BCUT2D eigenvalue weighted by atomic mass is 9.89. The lowest BCUT2D eigenvalue weighted by Gasteiger charge is -2.20. The topological polar surface area (TPSA) is 55.1 Å². The van der Waals surface area contributed by atoms with Gasteiger partial charge in [-0.15, -0.1) is 0 Å². The zero-order valence-electron chi connectivity index (χ0n) is 15.8. The van der Waals surface area contributed by atoms with Crippen molar-refractivity contribution < 1.29 is 4.52 Å². The molecule has 1 aliphatic carbocycles. The standard InChI is InChI=1S/C22H26N4O/c1-26(16-20-12-21(25-27-20)18-8-4-2-5-9-18)15-17-13-23-22(24-14-17)19-10-6-3-7-11-19/h2,4-5,8-9,12-14,19H,3,6-7,10-11,15-16H2,1H3. The van der Waals surface area contributed by atoms with E-state index >= 15 is 0 Å². The van der Waals surface area contributed by atoms with E-state index in [0.29, 0.717) is 12.5 Å². The first kappa shape index (κ1) is 17.9. The first-order valence-electron chi connectivity index (χ1n) is 9.78. The predicted molar refractivity (Wildman–Crippen MR) is 105 cm³/mol. The summed E-state index contributed by atoms with van der Waals surface area (Å²) in [5, 5.41) is 4.18. The minimum atomic E-state index is 0.552. The number of hydrogen-bond acceptors (Lipinski definition) is 5. The summed E-state index contributed by atoms with van der Waals surface area (Å²) in [6.45, 7) is 1.48. The van der Waals surface area contributed by atoms with E-state index in [-0.39, 0.29) is 0 Å². The lowest BCUT2D eigenvalue weighted by Crippen LogP contribution is -2.17. The fourth-order valence-corrected chi connectivity index (χ4v) is 3.78. The monoisotopic (exact) mass is 362 g/mol. The molecular weight excluding hydrogens is 336 g/mol. The van der Waals surface area contributed by atoms with Crippen molar-refractivity contribution in [3.63, 3.8) is 0 Å². The zero-order valence-corrected chi connectivity index (χ0v) is 15.8. The van der Waals surface area contributed by atoms with E-state index in [0.717, 1.165) is 35.0 Å². The van der Waals surface area contributed by atoms with Crippen LogP contribution in [0.3, 0.4) is 0 Å².